The highest BCUT2D eigenvalue weighted by molar-refractivity contribution is 5.97. The molecular formula is C19H26N2O2. The highest BCUT2D eigenvalue weighted by Crippen LogP contribution is 2.36. The number of nitrogens with one attached hydrogen (secondary N) is 1. The normalized spacial score (nSPS) is 24.0. The predicted molar refractivity (Wildman–Crippen MR) is 91.8 cm³/mol. The zero-order valence-electron chi connectivity index (χ0n) is 13.9. The van der Waals surface area contributed by atoms with Gasteiger partial charge in [0, 0.05) is 25.0 Å². The van der Waals surface area contributed by atoms with Gasteiger partial charge in [-0.25, -0.2) is 0 Å². The van der Waals surface area contributed by atoms with Crippen LogP contribution in [0.1, 0.15) is 36.5 Å². The van der Waals surface area contributed by atoms with Gasteiger partial charge in [-0.1, -0.05) is 18.7 Å². The van der Waals surface area contributed by atoms with Gasteiger partial charge in [0.15, 0.2) is 0 Å². The van der Waals surface area contributed by atoms with Crippen molar-refractivity contribution in [1.82, 2.24) is 10.2 Å². The van der Waals surface area contributed by atoms with E-state index in [9.17, 15) is 4.79 Å². The van der Waals surface area contributed by atoms with Crippen LogP contribution in [0, 0.1) is 5.41 Å². The van der Waals surface area contributed by atoms with Crippen molar-refractivity contribution in [2.45, 2.75) is 26.2 Å². The van der Waals surface area contributed by atoms with Crippen LogP contribution in [0.5, 0.6) is 5.75 Å². The van der Waals surface area contributed by atoms with Crippen molar-refractivity contribution < 1.29 is 9.53 Å². The van der Waals surface area contributed by atoms with Crippen LogP contribution in [0.2, 0.25) is 0 Å². The zero-order valence-corrected chi connectivity index (χ0v) is 13.9. The lowest BCUT2D eigenvalue weighted by atomic mass is 9.79. The number of benzene rings is 1. The van der Waals surface area contributed by atoms with Crippen LogP contribution in [0.15, 0.2) is 36.4 Å². The number of carbonyl (C=O) groups excluding carboxylic acids is 1. The molecule has 3 rings (SSSR count). The summed E-state index contributed by atoms with van der Waals surface area (Å²) >= 11 is 0. The van der Waals surface area contributed by atoms with Gasteiger partial charge in [0.2, 0.25) is 0 Å². The second-order valence-corrected chi connectivity index (χ2v) is 7.00. The number of amides is 1. The Morgan fingerprint density at radius 2 is 2.22 bits per heavy atom. The first-order valence-electron chi connectivity index (χ1n) is 8.46. The molecule has 1 aromatic carbocycles. The van der Waals surface area contributed by atoms with Crippen molar-refractivity contribution in [2.75, 3.05) is 32.8 Å². The van der Waals surface area contributed by atoms with E-state index in [1.807, 2.05) is 36.1 Å². The SMILES string of the molecule is C=C(C)COc1ccccc1C(=O)N1CCCC2(CCNC2)C1. The minimum Gasteiger partial charge on any atom is -0.488 e. The Morgan fingerprint density at radius 1 is 1.39 bits per heavy atom. The molecule has 0 saturated carbocycles. The minimum atomic E-state index is 0.0910. The van der Waals surface area contributed by atoms with Crippen LogP contribution < -0.4 is 10.1 Å². The van der Waals surface area contributed by atoms with E-state index in [0.717, 1.165) is 38.2 Å². The van der Waals surface area contributed by atoms with E-state index >= 15 is 0 Å². The zero-order chi connectivity index (χ0) is 16.3. The summed E-state index contributed by atoms with van der Waals surface area (Å²) in [4.78, 5) is 15.0. The van der Waals surface area contributed by atoms with Crippen LogP contribution in [-0.2, 0) is 0 Å². The molecule has 124 valence electrons. The van der Waals surface area contributed by atoms with Crippen molar-refractivity contribution in [3.05, 3.63) is 42.0 Å². The molecule has 2 heterocycles. The second kappa shape index (κ2) is 6.75. The first kappa shape index (κ1) is 16.1. The molecule has 2 saturated heterocycles. The quantitative estimate of drug-likeness (QED) is 0.869. The summed E-state index contributed by atoms with van der Waals surface area (Å²) in [6, 6.07) is 7.54. The number of carbonyl (C=O) groups is 1. The molecule has 2 aliphatic rings. The molecule has 0 aromatic heterocycles. The fourth-order valence-corrected chi connectivity index (χ4v) is 3.67. The Balaban J connectivity index is 1.76. The summed E-state index contributed by atoms with van der Waals surface area (Å²) in [5.74, 6) is 0.748. The van der Waals surface area contributed by atoms with Gasteiger partial charge in [0.05, 0.1) is 5.56 Å². The molecule has 1 aromatic rings. The topological polar surface area (TPSA) is 41.6 Å². The maximum atomic E-state index is 13.0. The third-order valence-electron chi connectivity index (χ3n) is 4.87. The van der Waals surface area contributed by atoms with Gasteiger partial charge in [0.1, 0.15) is 12.4 Å². The molecule has 0 bridgehead atoms. The van der Waals surface area contributed by atoms with Gasteiger partial charge in [-0.05, 0) is 50.4 Å². The monoisotopic (exact) mass is 314 g/mol. The van der Waals surface area contributed by atoms with Gasteiger partial charge in [0.25, 0.3) is 5.91 Å². The molecule has 0 aliphatic carbocycles. The highest BCUT2D eigenvalue weighted by Gasteiger charge is 2.39. The molecule has 1 unspecified atom stereocenters. The maximum Gasteiger partial charge on any atom is 0.257 e. The number of nitrogens with zero attached hydrogens (tertiary/aromatic N) is 1. The standard InChI is InChI=1S/C19H26N2O2/c1-15(2)12-23-17-7-4-3-6-16(17)18(22)21-11-5-8-19(14-21)9-10-20-13-19/h3-4,6-7,20H,1,5,8-14H2,2H3. The second-order valence-electron chi connectivity index (χ2n) is 7.00. The van der Waals surface area contributed by atoms with Crippen LogP contribution >= 0.6 is 0 Å². The first-order chi connectivity index (χ1) is 11.1. The van der Waals surface area contributed by atoms with Crippen LogP contribution in [-0.4, -0.2) is 43.6 Å². The van der Waals surface area contributed by atoms with E-state index in [1.54, 1.807) is 0 Å². The van der Waals surface area contributed by atoms with E-state index in [2.05, 4.69) is 11.9 Å². The third-order valence-corrected chi connectivity index (χ3v) is 4.87. The molecular weight excluding hydrogens is 288 g/mol. The predicted octanol–water partition coefficient (Wildman–Crippen LogP) is 2.86. The number of ether oxygens (including phenoxy) is 1. The largest absolute Gasteiger partial charge is 0.488 e. The number of likely N-dealkylation sites (tertiary alicyclic amines) is 1. The van der Waals surface area contributed by atoms with Gasteiger partial charge >= 0.3 is 0 Å². The fraction of sp³-hybridized carbons (Fsp3) is 0.526. The van der Waals surface area contributed by atoms with Crippen LogP contribution in [0.25, 0.3) is 0 Å². The molecule has 4 heteroatoms. The molecule has 1 amide bonds. The number of piperidine rings is 1. The Morgan fingerprint density at radius 3 is 2.96 bits per heavy atom. The Kier molecular flexibility index (Phi) is 4.71. The highest BCUT2D eigenvalue weighted by atomic mass is 16.5. The molecule has 4 nitrogen and oxygen atoms in total. The Labute approximate surface area is 138 Å². The minimum absolute atomic E-state index is 0.0910. The molecule has 0 radical (unpaired) electrons. The Bertz CT molecular complexity index is 591. The molecule has 23 heavy (non-hydrogen) atoms. The van der Waals surface area contributed by atoms with E-state index in [0.29, 0.717) is 17.9 Å². The van der Waals surface area contributed by atoms with Gasteiger partial charge in [-0.15, -0.1) is 0 Å². The van der Waals surface area contributed by atoms with E-state index < -0.39 is 0 Å². The summed E-state index contributed by atoms with van der Waals surface area (Å²) in [6.45, 7) is 10.0. The molecule has 2 aliphatic heterocycles. The van der Waals surface area contributed by atoms with Gasteiger partial charge in [-0.3, -0.25) is 4.79 Å². The van der Waals surface area contributed by atoms with Crippen molar-refractivity contribution in [3.63, 3.8) is 0 Å². The fourth-order valence-electron chi connectivity index (χ4n) is 3.67. The van der Waals surface area contributed by atoms with E-state index in [-0.39, 0.29) is 11.3 Å². The number of rotatable bonds is 4. The van der Waals surface area contributed by atoms with Crippen LogP contribution in [0.3, 0.4) is 0 Å². The average Bonchev–Trinajstić information content (AvgIpc) is 3.00. The molecule has 1 spiro atoms. The Hall–Kier alpha value is -1.81. The van der Waals surface area contributed by atoms with Crippen molar-refractivity contribution in [1.29, 1.82) is 0 Å². The summed E-state index contributed by atoms with van der Waals surface area (Å²) in [5, 5.41) is 3.45. The molecule has 2 fully saturated rings. The summed E-state index contributed by atoms with van der Waals surface area (Å²) in [5.41, 5.74) is 1.89. The van der Waals surface area contributed by atoms with E-state index in [1.165, 1.54) is 12.8 Å². The number of para-hydroxylation sites is 1. The first-order valence-corrected chi connectivity index (χ1v) is 8.46. The van der Waals surface area contributed by atoms with Crippen LogP contribution in [0.4, 0.5) is 0 Å². The summed E-state index contributed by atoms with van der Waals surface area (Å²) < 4.78 is 5.77. The van der Waals surface area contributed by atoms with Crippen molar-refractivity contribution >= 4 is 5.91 Å². The average molecular weight is 314 g/mol. The third kappa shape index (κ3) is 3.58. The number of hydrogen-bond acceptors (Lipinski definition) is 3. The summed E-state index contributed by atoms with van der Waals surface area (Å²) in [7, 11) is 0. The lowest BCUT2D eigenvalue weighted by Crippen LogP contribution is -2.47. The molecule has 1 atom stereocenters. The smallest absolute Gasteiger partial charge is 0.257 e. The van der Waals surface area contributed by atoms with Crippen molar-refractivity contribution in [2.24, 2.45) is 5.41 Å². The van der Waals surface area contributed by atoms with Gasteiger partial charge in [-0.2, -0.15) is 0 Å². The number of hydrogen-bond donors (Lipinski definition) is 1. The van der Waals surface area contributed by atoms with Crippen molar-refractivity contribution in [3.8, 4) is 5.75 Å². The lowest BCUT2D eigenvalue weighted by Gasteiger charge is -2.40. The maximum absolute atomic E-state index is 13.0. The lowest BCUT2D eigenvalue weighted by molar-refractivity contribution is 0.0550. The molecule has 1 N–H and O–H groups in total. The van der Waals surface area contributed by atoms with E-state index in [4.69, 9.17) is 4.74 Å². The summed E-state index contributed by atoms with van der Waals surface area (Å²) in [6.07, 6.45) is 3.48. The van der Waals surface area contributed by atoms with Gasteiger partial charge < -0.3 is 15.0 Å².